The Morgan fingerprint density at radius 1 is 0.591 bits per heavy atom. The van der Waals surface area contributed by atoms with E-state index in [-0.39, 0.29) is 18.8 Å². The van der Waals surface area contributed by atoms with Crippen LogP contribution < -0.4 is 0 Å². The van der Waals surface area contributed by atoms with Crippen molar-refractivity contribution in [3.8, 4) is 0 Å². The smallest absolute Gasteiger partial charge is 0.306 e. The maximum absolute atomic E-state index is 11.2. The zero-order valence-electron chi connectivity index (χ0n) is 13.1. The quantitative estimate of drug-likeness (QED) is 0.398. The number of hydrogen-bond acceptors (Lipinski definition) is 3. The van der Waals surface area contributed by atoms with Gasteiger partial charge < -0.3 is 15.3 Å². The minimum Gasteiger partial charge on any atom is -0.481 e. The first kappa shape index (κ1) is 20.4. The molecule has 0 aliphatic heterocycles. The summed E-state index contributed by atoms with van der Waals surface area (Å²) in [6, 6.07) is 0. The summed E-state index contributed by atoms with van der Waals surface area (Å²) in [6.07, 6.45) is 7.96. The van der Waals surface area contributed by atoms with Crippen molar-refractivity contribution in [2.24, 2.45) is 5.92 Å². The molecule has 3 N–H and O–H groups in total. The molecule has 0 atom stereocenters. The van der Waals surface area contributed by atoms with E-state index >= 15 is 0 Å². The molecular weight excluding hydrogens is 288 g/mol. The van der Waals surface area contributed by atoms with Crippen LogP contribution in [0.1, 0.15) is 77.0 Å². The SMILES string of the molecule is O=C(O)CCCCCCC(CCCCCCC(=O)O)C(=O)O. The predicted molar refractivity (Wildman–Crippen MR) is 81.8 cm³/mol. The van der Waals surface area contributed by atoms with E-state index in [1.807, 2.05) is 0 Å². The Kier molecular flexibility index (Phi) is 12.2. The van der Waals surface area contributed by atoms with Crippen LogP contribution in [0.2, 0.25) is 0 Å². The molecule has 0 aromatic heterocycles. The van der Waals surface area contributed by atoms with Gasteiger partial charge in [0.25, 0.3) is 0 Å². The normalized spacial score (nSPS) is 10.8. The Morgan fingerprint density at radius 2 is 0.955 bits per heavy atom. The van der Waals surface area contributed by atoms with E-state index in [9.17, 15) is 14.4 Å². The van der Waals surface area contributed by atoms with Crippen LogP contribution in [0.15, 0.2) is 0 Å². The van der Waals surface area contributed by atoms with E-state index in [1.165, 1.54) is 0 Å². The van der Waals surface area contributed by atoms with E-state index in [2.05, 4.69) is 0 Å². The minimum absolute atomic E-state index is 0.179. The molecule has 0 fully saturated rings. The van der Waals surface area contributed by atoms with Crippen LogP contribution >= 0.6 is 0 Å². The highest BCUT2D eigenvalue weighted by molar-refractivity contribution is 5.69. The van der Waals surface area contributed by atoms with Gasteiger partial charge in [-0.05, 0) is 25.7 Å². The van der Waals surface area contributed by atoms with Crippen molar-refractivity contribution in [2.45, 2.75) is 77.0 Å². The molecule has 0 rings (SSSR count). The first-order valence-electron chi connectivity index (χ1n) is 8.10. The molecule has 0 saturated carbocycles. The Morgan fingerprint density at radius 3 is 1.27 bits per heavy atom. The van der Waals surface area contributed by atoms with Crippen LogP contribution in [-0.4, -0.2) is 33.2 Å². The van der Waals surface area contributed by atoms with Crippen molar-refractivity contribution in [3.63, 3.8) is 0 Å². The highest BCUT2D eigenvalue weighted by atomic mass is 16.4. The van der Waals surface area contributed by atoms with Gasteiger partial charge in [0.2, 0.25) is 0 Å². The van der Waals surface area contributed by atoms with E-state index in [0.29, 0.717) is 25.7 Å². The Labute approximate surface area is 131 Å². The molecule has 0 aliphatic carbocycles. The summed E-state index contributed by atoms with van der Waals surface area (Å²) < 4.78 is 0. The van der Waals surface area contributed by atoms with Crippen molar-refractivity contribution in [3.05, 3.63) is 0 Å². The summed E-state index contributed by atoms with van der Waals surface area (Å²) in [5, 5.41) is 26.2. The van der Waals surface area contributed by atoms with Crippen LogP contribution in [0, 0.1) is 5.92 Å². The summed E-state index contributed by atoms with van der Waals surface area (Å²) in [4.78, 5) is 31.9. The average molecular weight is 316 g/mol. The molecule has 0 unspecified atom stereocenters. The molecule has 0 aliphatic rings. The van der Waals surface area contributed by atoms with Gasteiger partial charge in [-0.25, -0.2) is 0 Å². The summed E-state index contributed by atoms with van der Waals surface area (Å²) >= 11 is 0. The second-order valence-electron chi connectivity index (χ2n) is 5.73. The molecular formula is C16H28O6. The Bertz CT molecular complexity index is 314. The molecule has 0 aromatic carbocycles. The monoisotopic (exact) mass is 316 g/mol. The molecule has 22 heavy (non-hydrogen) atoms. The largest absolute Gasteiger partial charge is 0.481 e. The minimum atomic E-state index is -0.786. The third kappa shape index (κ3) is 13.4. The second kappa shape index (κ2) is 13.1. The molecule has 6 heteroatoms. The molecule has 0 radical (unpaired) electrons. The van der Waals surface area contributed by atoms with Crippen LogP contribution in [0.25, 0.3) is 0 Å². The van der Waals surface area contributed by atoms with Gasteiger partial charge in [-0.2, -0.15) is 0 Å². The summed E-state index contributed by atoms with van der Waals surface area (Å²) in [6.45, 7) is 0. The molecule has 6 nitrogen and oxygen atoms in total. The van der Waals surface area contributed by atoms with Gasteiger partial charge >= 0.3 is 17.9 Å². The average Bonchev–Trinajstić information content (AvgIpc) is 2.42. The van der Waals surface area contributed by atoms with Gasteiger partial charge in [-0.15, -0.1) is 0 Å². The number of unbranched alkanes of at least 4 members (excludes halogenated alkanes) is 6. The molecule has 0 spiro atoms. The first-order valence-corrected chi connectivity index (χ1v) is 8.10. The fourth-order valence-corrected chi connectivity index (χ4v) is 2.43. The summed E-state index contributed by atoms with van der Waals surface area (Å²) in [7, 11) is 0. The number of carboxylic acid groups (broad SMARTS) is 3. The van der Waals surface area contributed by atoms with Crippen LogP contribution in [0.4, 0.5) is 0 Å². The van der Waals surface area contributed by atoms with Gasteiger partial charge in [0.1, 0.15) is 0 Å². The zero-order chi connectivity index (χ0) is 16.8. The van der Waals surface area contributed by atoms with Gasteiger partial charge in [-0.1, -0.05) is 38.5 Å². The van der Waals surface area contributed by atoms with E-state index < -0.39 is 17.9 Å². The first-order chi connectivity index (χ1) is 10.4. The number of hydrogen-bond donors (Lipinski definition) is 3. The third-order valence-electron chi connectivity index (χ3n) is 3.74. The van der Waals surface area contributed by atoms with Crippen molar-refractivity contribution in [1.29, 1.82) is 0 Å². The number of rotatable bonds is 15. The lowest BCUT2D eigenvalue weighted by molar-refractivity contribution is -0.142. The topological polar surface area (TPSA) is 112 Å². The van der Waals surface area contributed by atoms with Crippen LogP contribution in [0.5, 0.6) is 0 Å². The highest BCUT2D eigenvalue weighted by Crippen LogP contribution is 2.19. The second-order valence-corrected chi connectivity index (χ2v) is 5.73. The number of aliphatic carboxylic acids is 3. The lowest BCUT2D eigenvalue weighted by atomic mass is 9.94. The Balaban J connectivity index is 3.63. The zero-order valence-corrected chi connectivity index (χ0v) is 13.1. The molecule has 0 aromatic rings. The van der Waals surface area contributed by atoms with Crippen molar-refractivity contribution < 1.29 is 29.7 Å². The van der Waals surface area contributed by atoms with Gasteiger partial charge in [0.05, 0.1) is 5.92 Å². The van der Waals surface area contributed by atoms with E-state index in [1.54, 1.807) is 0 Å². The summed E-state index contributed by atoms with van der Waals surface area (Å²) in [5.74, 6) is -2.67. The molecule has 128 valence electrons. The highest BCUT2D eigenvalue weighted by Gasteiger charge is 2.16. The molecule has 0 heterocycles. The number of carbonyl (C=O) groups is 3. The standard InChI is InChI=1S/C16H28O6/c17-14(18)11-7-3-1-5-9-13(16(21)22)10-6-2-4-8-12-15(19)20/h13H,1-12H2,(H,17,18)(H,19,20)(H,21,22). The summed E-state index contributed by atoms with van der Waals surface area (Å²) in [5.41, 5.74) is 0. The van der Waals surface area contributed by atoms with E-state index in [4.69, 9.17) is 15.3 Å². The number of carboxylic acids is 3. The van der Waals surface area contributed by atoms with Crippen molar-refractivity contribution in [1.82, 2.24) is 0 Å². The molecule has 0 amide bonds. The lowest BCUT2D eigenvalue weighted by Gasteiger charge is -2.11. The van der Waals surface area contributed by atoms with Crippen molar-refractivity contribution >= 4 is 17.9 Å². The maximum atomic E-state index is 11.2. The predicted octanol–water partition coefficient (Wildman–Crippen LogP) is 3.54. The fourth-order valence-electron chi connectivity index (χ4n) is 2.43. The Hall–Kier alpha value is -1.59. The third-order valence-corrected chi connectivity index (χ3v) is 3.74. The fraction of sp³-hybridized carbons (Fsp3) is 0.812. The van der Waals surface area contributed by atoms with Gasteiger partial charge in [0.15, 0.2) is 0 Å². The molecule has 0 saturated heterocycles. The van der Waals surface area contributed by atoms with Crippen molar-refractivity contribution in [2.75, 3.05) is 0 Å². The van der Waals surface area contributed by atoms with Crippen LogP contribution in [0.3, 0.4) is 0 Å². The van der Waals surface area contributed by atoms with Crippen LogP contribution in [-0.2, 0) is 14.4 Å². The molecule has 0 bridgehead atoms. The lowest BCUT2D eigenvalue weighted by Crippen LogP contribution is -2.13. The van der Waals surface area contributed by atoms with Gasteiger partial charge in [0, 0.05) is 12.8 Å². The van der Waals surface area contributed by atoms with Gasteiger partial charge in [-0.3, -0.25) is 14.4 Å². The maximum Gasteiger partial charge on any atom is 0.306 e. The van der Waals surface area contributed by atoms with E-state index in [0.717, 1.165) is 38.5 Å².